The molecule has 6 N–H and O–H groups in total. The molecule has 41 heavy (non-hydrogen) atoms. The van der Waals surface area contributed by atoms with Crippen LogP contribution in [-0.2, 0) is 23.1 Å². The van der Waals surface area contributed by atoms with Crippen LogP contribution in [0.2, 0.25) is 0 Å². The summed E-state index contributed by atoms with van der Waals surface area (Å²) in [6.45, 7) is 2.05. The maximum atomic E-state index is 13.1. The number of hydrogen-bond donors (Lipinski definition) is 5. The van der Waals surface area contributed by atoms with Crippen molar-refractivity contribution in [2.24, 2.45) is 11.7 Å². The van der Waals surface area contributed by atoms with Gasteiger partial charge in [0, 0.05) is 37.3 Å². The number of nitriles is 1. The Kier molecular flexibility index (Phi) is 7.58. The fraction of sp³-hybridized carbons (Fsp3) is 0.452. The largest absolute Gasteiger partial charge is 0.387 e. The normalized spacial score (nSPS) is 22.2. The van der Waals surface area contributed by atoms with Crippen molar-refractivity contribution >= 4 is 23.6 Å². The summed E-state index contributed by atoms with van der Waals surface area (Å²) >= 11 is 0. The van der Waals surface area contributed by atoms with Gasteiger partial charge in [0.25, 0.3) is 11.8 Å². The summed E-state index contributed by atoms with van der Waals surface area (Å²) in [7, 11) is 3.17. The fourth-order valence-electron chi connectivity index (χ4n) is 6.85. The van der Waals surface area contributed by atoms with Crippen molar-refractivity contribution in [3.8, 4) is 6.07 Å². The smallest absolute Gasteiger partial charge is 0.251 e. The zero-order valence-corrected chi connectivity index (χ0v) is 23.7. The molecule has 3 amide bonds. The number of aryl methyl sites for hydroxylation is 2. The number of piperidine rings is 1. The summed E-state index contributed by atoms with van der Waals surface area (Å²) in [5, 5.41) is 27.2. The predicted octanol–water partition coefficient (Wildman–Crippen LogP) is 1.61. The van der Waals surface area contributed by atoms with E-state index in [2.05, 4.69) is 22.0 Å². The van der Waals surface area contributed by atoms with E-state index in [0.717, 1.165) is 35.1 Å². The first kappa shape index (κ1) is 28.3. The maximum absolute atomic E-state index is 13.1. The monoisotopic (exact) mass is 555 g/mol. The van der Waals surface area contributed by atoms with Crippen LogP contribution in [0.1, 0.15) is 69.2 Å². The Labute approximate surface area is 240 Å². The molecule has 3 aliphatic rings. The number of likely N-dealkylation sites (tertiary alicyclic amines) is 1. The van der Waals surface area contributed by atoms with Gasteiger partial charge in [0.1, 0.15) is 11.9 Å². The molecule has 10 heteroatoms. The Hall–Kier alpha value is -4.23. The minimum Gasteiger partial charge on any atom is -0.387 e. The zero-order valence-electron chi connectivity index (χ0n) is 23.7. The molecule has 0 spiro atoms. The van der Waals surface area contributed by atoms with Crippen LogP contribution in [0, 0.1) is 22.7 Å². The molecule has 5 rings (SSSR count). The zero-order chi connectivity index (χ0) is 29.5. The van der Waals surface area contributed by atoms with Gasteiger partial charge in [0.15, 0.2) is 0 Å². The van der Waals surface area contributed by atoms with Crippen LogP contribution in [0.5, 0.6) is 0 Å². The lowest BCUT2D eigenvalue weighted by molar-refractivity contribution is -0.131. The molecular weight excluding hydrogens is 518 g/mol. The summed E-state index contributed by atoms with van der Waals surface area (Å²) in [6.07, 6.45) is 3.30. The summed E-state index contributed by atoms with van der Waals surface area (Å²) in [5.41, 5.74) is 10.00. The van der Waals surface area contributed by atoms with Gasteiger partial charge in [-0.2, -0.15) is 5.26 Å². The summed E-state index contributed by atoms with van der Waals surface area (Å²) in [6, 6.07) is 12.8. The molecule has 1 aliphatic heterocycles. The van der Waals surface area contributed by atoms with E-state index in [1.807, 2.05) is 31.2 Å². The van der Waals surface area contributed by atoms with Crippen molar-refractivity contribution < 1.29 is 14.4 Å². The molecule has 2 aromatic carbocycles. The van der Waals surface area contributed by atoms with Crippen molar-refractivity contribution in [2.45, 2.75) is 62.6 Å². The van der Waals surface area contributed by atoms with E-state index < -0.39 is 5.41 Å². The molecule has 0 aromatic heterocycles. The van der Waals surface area contributed by atoms with Gasteiger partial charge in [-0.15, -0.1) is 0 Å². The van der Waals surface area contributed by atoms with Crippen molar-refractivity contribution in [1.82, 2.24) is 20.9 Å². The highest BCUT2D eigenvalue weighted by atomic mass is 16.2. The number of nitrogens with one attached hydrogen (secondary N) is 4. The number of benzene rings is 2. The first-order valence-corrected chi connectivity index (χ1v) is 14.1. The number of nitrogens with zero attached hydrogens (tertiary/aromatic N) is 2. The van der Waals surface area contributed by atoms with Gasteiger partial charge in [-0.1, -0.05) is 12.1 Å². The number of carbonyl (C=O) groups excluding carboxylic acids is 3. The minimum atomic E-state index is -1.05. The highest BCUT2D eigenvalue weighted by Crippen LogP contribution is 2.48. The second kappa shape index (κ2) is 11.0. The Morgan fingerprint density at radius 2 is 1.61 bits per heavy atom. The lowest BCUT2D eigenvalue weighted by Gasteiger charge is -2.38. The van der Waals surface area contributed by atoms with Crippen LogP contribution < -0.4 is 21.7 Å². The quantitative estimate of drug-likeness (QED) is 0.245. The SMILES string of the molecule is CNC(=O)c1ccc2c(c1)CCc1cc(C(=O)NC)ccc1C2(C[C@H](C)NCC(=O)N1C(C#N)C[C@@H]2C[C@@H]21)C(=N)N. The Morgan fingerprint density at radius 1 is 1.05 bits per heavy atom. The van der Waals surface area contributed by atoms with Crippen LogP contribution in [0.25, 0.3) is 0 Å². The number of hydrogen-bond acceptors (Lipinski definition) is 6. The summed E-state index contributed by atoms with van der Waals surface area (Å²) < 4.78 is 0. The van der Waals surface area contributed by atoms with Gasteiger partial charge in [0.05, 0.1) is 18.0 Å². The molecule has 1 unspecified atom stereocenters. The molecule has 2 aromatic rings. The molecule has 0 bridgehead atoms. The second-order valence-corrected chi connectivity index (χ2v) is 11.5. The molecule has 1 saturated heterocycles. The Morgan fingerprint density at radius 3 is 2.10 bits per heavy atom. The van der Waals surface area contributed by atoms with E-state index in [0.29, 0.717) is 36.3 Å². The van der Waals surface area contributed by atoms with Gasteiger partial charge in [0.2, 0.25) is 5.91 Å². The van der Waals surface area contributed by atoms with Crippen molar-refractivity contribution in [3.05, 3.63) is 69.8 Å². The van der Waals surface area contributed by atoms with Crippen LogP contribution in [0.15, 0.2) is 36.4 Å². The average Bonchev–Trinajstić information content (AvgIpc) is 3.67. The topological polar surface area (TPSA) is 164 Å². The predicted molar refractivity (Wildman–Crippen MR) is 155 cm³/mol. The number of amides is 3. The lowest BCUT2D eigenvalue weighted by Crippen LogP contribution is -2.49. The first-order chi connectivity index (χ1) is 19.6. The highest BCUT2D eigenvalue weighted by molar-refractivity contribution is 5.98. The third-order valence-electron chi connectivity index (χ3n) is 8.99. The molecule has 2 fully saturated rings. The van der Waals surface area contributed by atoms with Crippen LogP contribution in [-0.4, -0.2) is 67.2 Å². The Bertz CT molecular complexity index is 1390. The number of rotatable bonds is 8. The summed E-state index contributed by atoms with van der Waals surface area (Å²) in [4.78, 5) is 39.8. The summed E-state index contributed by atoms with van der Waals surface area (Å²) in [5.74, 6) is -0.0900. The molecule has 1 saturated carbocycles. The van der Waals surface area contributed by atoms with E-state index in [4.69, 9.17) is 11.1 Å². The third kappa shape index (κ3) is 4.95. The van der Waals surface area contributed by atoms with Crippen molar-refractivity contribution in [2.75, 3.05) is 20.6 Å². The van der Waals surface area contributed by atoms with Gasteiger partial charge in [-0.05, 0) is 91.5 Å². The van der Waals surface area contributed by atoms with Crippen molar-refractivity contribution in [1.29, 1.82) is 10.7 Å². The number of nitrogens with two attached hydrogens (primary N) is 1. The second-order valence-electron chi connectivity index (χ2n) is 11.5. The van der Waals surface area contributed by atoms with E-state index in [1.54, 1.807) is 31.1 Å². The average molecular weight is 556 g/mol. The Balaban J connectivity index is 1.51. The molecular formula is C31H37N7O3. The van der Waals surface area contributed by atoms with Gasteiger partial charge < -0.3 is 26.6 Å². The minimum absolute atomic E-state index is 0.0489. The molecule has 2 aliphatic carbocycles. The van der Waals surface area contributed by atoms with Gasteiger partial charge >= 0.3 is 0 Å². The van der Waals surface area contributed by atoms with Crippen LogP contribution in [0.4, 0.5) is 0 Å². The molecule has 1 heterocycles. The number of carbonyl (C=O) groups is 3. The van der Waals surface area contributed by atoms with E-state index in [1.165, 1.54) is 0 Å². The molecule has 4 atom stereocenters. The van der Waals surface area contributed by atoms with Crippen LogP contribution >= 0.6 is 0 Å². The number of amidine groups is 1. The fourth-order valence-corrected chi connectivity index (χ4v) is 6.85. The highest BCUT2D eigenvalue weighted by Gasteiger charge is 2.54. The van der Waals surface area contributed by atoms with Gasteiger partial charge in [-0.3, -0.25) is 19.8 Å². The molecule has 0 radical (unpaired) electrons. The molecule has 214 valence electrons. The third-order valence-corrected chi connectivity index (χ3v) is 8.99. The van der Waals surface area contributed by atoms with E-state index >= 15 is 0 Å². The number of fused-ring (bicyclic) bond motifs is 3. The first-order valence-electron chi connectivity index (χ1n) is 14.1. The van der Waals surface area contributed by atoms with Gasteiger partial charge in [-0.25, -0.2) is 0 Å². The maximum Gasteiger partial charge on any atom is 0.251 e. The van der Waals surface area contributed by atoms with Crippen LogP contribution in [0.3, 0.4) is 0 Å². The molecule has 10 nitrogen and oxygen atoms in total. The van der Waals surface area contributed by atoms with E-state index in [9.17, 15) is 19.6 Å². The lowest BCUT2D eigenvalue weighted by atomic mass is 9.67. The van der Waals surface area contributed by atoms with Crippen molar-refractivity contribution in [3.63, 3.8) is 0 Å². The standard InChI is InChI=1S/C31H37N7O3/c1-17(37-16-27(39)38-23(15-32)12-22-13-26(22)38)14-31(30(33)34)24-8-6-20(28(40)35-2)10-18(24)4-5-19-11-21(29(41)36-3)7-9-25(19)31/h6-11,17,22-23,26,37H,4-5,12-14,16H2,1-3H3,(H3,33,34)(H,35,40)(H,36,41)/t17-,22+,23?,26-/m0/s1. The van der Waals surface area contributed by atoms with E-state index in [-0.39, 0.29) is 48.2 Å².